The summed E-state index contributed by atoms with van der Waals surface area (Å²) < 4.78 is 44.2. The number of nitro groups is 1. The molecule has 7 nitrogen and oxygen atoms in total. The van der Waals surface area contributed by atoms with Crippen molar-refractivity contribution >= 4 is 15.7 Å². The molecule has 1 atom stereocenters. The van der Waals surface area contributed by atoms with Crippen LogP contribution in [0.1, 0.15) is 6.92 Å². The van der Waals surface area contributed by atoms with E-state index in [4.69, 9.17) is 4.74 Å². The quantitative estimate of drug-likeness (QED) is 0.624. The highest BCUT2D eigenvalue weighted by atomic mass is 32.2. The van der Waals surface area contributed by atoms with Gasteiger partial charge in [0.05, 0.1) is 11.5 Å². The predicted octanol–water partition coefficient (Wildman–Crippen LogP) is 1.05. The second-order valence-corrected chi connectivity index (χ2v) is 5.50. The van der Waals surface area contributed by atoms with Gasteiger partial charge < -0.3 is 4.74 Å². The molecule has 0 saturated heterocycles. The standard InChI is InChI=1S/C10H13FN2O5S/c1-7(6-18-2)12-19(16,17)9-5-3-4-8(11)10(9)13(14)15/h3-5,7,12H,6H2,1-2H3. The summed E-state index contributed by atoms with van der Waals surface area (Å²) in [6.45, 7) is 1.61. The molecule has 0 heterocycles. The van der Waals surface area contributed by atoms with Crippen LogP contribution in [0.15, 0.2) is 23.1 Å². The highest BCUT2D eigenvalue weighted by molar-refractivity contribution is 7.89. The second-order valence-electron chi connectivity index (χ2n) is 3.82. The third kappa shape index (κ3) is 3.69. The van der Waals surface area contributed by atoms with Crippen molar-refractivity contribution < 1.29 is 22.5 Å². The molecule has 0 aliphatic carbocycles. The maximum Gasteiger partial charge on any atom is 0.324 e. The number of halogens is 1. The van der Waals surface area contributed by atoms with Gasteiger partial charge >= 0.3 is 5.69 Å². The average molecular weight is 292 g/mol. The number of nitro benzene ring substituents is 1. The topological polar surface area (TPSA) is 98.5 Å². The SMILES string of the molecule is COCC(C)NS(=O)(=O)c1cccc(F)c1[N+](=O)[O-]. The molecular weight excluding hydrogens is 279 g/mol. The Morgan fingerprint density at radius 1 is 1.53 bits per heavy atom. The minimum Gasteiger partial charge on any atom is -0.383 e. The van der Waals surface area contributed by atoms with Crippen LogP contribution < -0.4 is 4.72 Å². The Kier molecular flexibility index (Phi) is 4.92. The van der Waals surface area contributed by atoms with Crippen molar-refractivity contribution in [1.82, 2.24) is 4.72 Å². The number of benzene rings is 1. The van der Waals surface area contributed by atoms with Crippen molar-refractivity contribution in [2.24, 2.45) is 0 Å². The molecule has 0 radical (unpaired) electrons. The lowest BCUT2D eigenvalue weighted by Gasteiger charge is -2.13. The van der Waals surface area contributed by atoms with Gasteiger partial charge in [-0.2, -0.15) is 4.39 Å². The molecule has 1 unspecified atom stereocenters. The first-order valence-corrected chi connectivity index (χ1v) is 6.72. The first-order valence-electron chi connectivity index (χ1n) is 5.23. The first-order chi connectivity index (χ1) is 8.79. The number of sulfonamides is 1. The number of hydrogen-bond donors (Lipinski definition) is 1. The third-order valence-corrected chi connectivity index (χ3v) is 3.82. The number of methoxy groups -OCH3 is 1. The summed E-state index contributed by atoms with van der Waals surface area (Å²) in [7, 11) is -2.81. The van der Waals surface area contributed by atoms with Crippen molar-refractivity contribution in [1.29, 1.82) is 0 Å². The summed E-state index contributed by atoms with van der Waals surface area (Å²) >= 11 is 0. The molecule has 0 aromatic heterocycles. The average Bonchev–Trinajstić information content (AvgIpc) is 2.27. The maximum atomic E-state index is 13.4. The fourth-order valence-corrected chi connectivity index (χ4v) is 2.91. The summed E-state index contributed by atoms with van der Waals surface area (Å²) in [6.07, 6.45) is 0. The van der Waals surface area contributed by atoms with Crippen LogP contribution in [0.4, 0.5) is 10.1 Å². The number of nitrogens with one attached hydrogen (secondary N) is 1. The van der Waals surface area contributed by atoms with Gasteiger partial charge in [0.25, 0.3) is 0 Å². The van der Waals surface area contributed by atoms with Gasteiger partial charge in [-0.1, -0.05) is 6.07 Å². The van der Waals surface area contributed by atoms with Crippen molar-refractivity contribution in [3.8, 4) is 0 Å². The van der Waals surface area contributed by atoms with Crippen LogP contribution in [0.25, 0.3) is 0 Å². The van der Waals surface area contributed by atoms with Gasteiger partial charge in [-0.3, -0.25) is 10.1 Å². The van der Waals surface area contributed by atoms with Crippen molar-refractivity contribution in [2.75, 3.05) is 13.7 Å². The molecule has 0 aliphatic rings. The van der Waals surface area contributed by atoms with E-state index < -0.39 is 37.4 Å². The minimum atomic E-state index is -4.19. The van der Waals surface area contributed by atoms with E-state index in [2.05, 4.69) is 4.72 Å². The molecule has 0 amide bonds. The maximum absolute atomic E-state index is 13.4. The van der Waals surface area contributed by atoms with E-state index in [1.165, 1.54) is 14.0 Å². The van der Waals surface area contributed by atoms with Gasteiger partial charge in [0.2, 0.25) is 15.8 Å². The molecule has 1 aromatic carbocycles. The Labute approximate surface area is 109 Å². The highest BCUT2D eigenvalue weighted by Gasteiger charge is 2.30. The highest BCUT2D eigenvalue weighted by Crippen LogP contribution is 2.26. The number of para-hydroxylation sites is 1. The Hall–Kier alpha value is -1.58. The van der Waals surface area contributed by atoms with E-state index in [1.54, 1.807) is 0 Å². The van der Waals surface area contributed by atoms with E-state index >= 15 is 0 Å². The molecule has 0 aliphatic heterocycles. The summed E-state index contributed by atoms with van der Waals surface area (Å²) in [4.78, 5) is 8.98. The van der Waals surface area contributed by atoms with E-state index in [0.29, 0.717) is 0 Å². The largest absolute Gasteiger partial charge is 0.383 e. The monoisotopic (exact) mass is 292 g/mol. The second kappa shape index (κ2) is 6.04. The number of ether oxygens (including phenoxy) is 1. The lowest BCUT2D eigenvalue weighted by molar-refractivity contribution is -0.390. The molecule has 0 fully saturated rings. The van der Waals surface area contributed by atoms with Gasteiger partial charge in [-0.15, -0.1) is 0 Å². The smallest absolute Gasteiger partial charge is 0.324 e. The third-order valence-electron chi connectivity index (χ3n) is 2.19. The van der Waals surface area contributed by atoms with Crippen LogP contribution in [-0.4, -0.2) is 33.1 Å². The molecular formula is C10H13FN2O5S. The number of nitrogens with zero attached hydrogens (tertiary/aromatic N) is 1. The molecule has 0 saturated carbocycles. The fraction of sp³-hybridized carbons (Fsp3) is 0.400. The first kappa shape index (κ1) is 15.5. The summed E-state index contributed by atoms with van der Waals surface area (Å²) in [5.74, 6) is -1.20. The Balaban J connectivity index is 3.22. The lowest BCUT2D eigenvalue weighted by atomic mass is 10.3. The van der Waals surface area contributed by atoms with E-state index in [-0.39, 0.29) is 6.61 Å². The Morgan fingerprint density at radius 3 is 2.68 bits per heavy atom. The van der Waals surface area contributed by atoms with Gasteiger partial charge in [0.1, 0.15) is 0 Å². The molecule has 1 aromatic rings. The molecule has 19 heavy (non-hydrogen) atoms. The van der Waals surface area contributed by atoms with E-state index in [0.717, 1.165) is 18.2 Å². The van der Waals surface area contributed by atoms with E-state index in [9.17, 15) is 22.9 Å². The van der Waals surface area contributed by atoms with Gasteiger partial charge in [-0.05, 0) is 19.1 Å². The zero-order valence-electron chi connectivity index (χ0n) is 10.3. The van der Waals surface area contributed by atoms with Gasteiger partial charge in [0, 0.05) is 13.2 Å². The van der Waals surface area contributed by atoms with E-state index in [1.807, 2.05) is 0 Å². The molecule has 0 spiro atoms. The van der Waals surface area contributed by atoms with Crippen LogP contribution in [-0.2, 0) is 14.8 Å². The molecule has 9 heteroatoms. The minimum absolute atomic E-state index is 0.0857. The molecule has 0 bridgehead atoms. The fourth-order valence-electron chi connectivity index (χ4n) is 1.50. The zero-order valence-corrected chi connectivity index (χ0v) is 11.1. The zero-order chi connectivity index (χ0) is 14.6. The van der Waals surface area contributed by atoms with Crippen LogP contribution in [0, 0.1) is 15.9 Å². The van der Waals surface area contributed by atoms with Crippen LogP contribution in [0.3, 0.4) is 0 Å². The van der Waals surface area contributed by atoms with Gasteiger partial charge in [0.15, 0.2) is 4.90 Å². The Bertz CT molecular complexity index is 575. The molecule has 106 valence electrons. The number of hydrogen-bond acceptors (Lipinski definition) is 5. The summed E-state index contributed by atoms with van der Waals surface area (Å²) in [5, 5.41) is 10.7. The van der Waals surface area contributed by atoms with Crippen LogP contribution >= 0.6 is 0 Å². The molecule has 1 N–H and O–H groups in total. The summed E-state index contributed by atoms with van der Waals surface area (Å²) in [5.41, 5.74) is -1.07. The van der Waals surface area contributed by atoms with Crippen molar-refractivity contribution in [2.45, 2.75) is 17.9 Å². The Morgan fingerprint density at radius 2 is 2.16 bits per heavy atom. The van der Waals surface area contributed by atoms with Crippen molar-refractivity contribution in [3.63, 3.8) is 0 Å². The van der Waals surface area contributed by atoms with Crippen LogP contribution in [0.2, 0.25) is 0 Å². The van der Waals surface area contributed by atoms with Crippen molar-refractivity contribution in [3.05, 3.63) is 34.1 Å². The summed E-state index contributed by atoms with van der Waals surface area (Å²) in [6, 6.07) is 2.30. The lowest BCUT2D eigenvalue weighted by Crippen LogP contribution is -2.36. The number of rotatable bonds is 6. The van der Waals surface area contributed by atoms with Gasteiger partial charge in [-0.25, -0.2) is 13.1 Å². The van der Waals surface area contributed by atoms with Crippen LogP contribution in [0.5, 0.6) is 0 Å². The molecule has 1 rings (SSSR count). The predicted molar refractivity (Wildman–Crippen MR) is 64.7 cm³/mol. The normalized spacial score (nSPS) is 13.2.